The van der Waals surface area contributed by atoms with Gasteiger partial charge in [0.15, 0.2) is 0 Å². The monoisotopic (exact) mass is 249 g/mol. The van der Waals surface area contributed by atoms with Crippen molar-refractivity contribution in [3.63, 3.8) is 0 Å². The quantitative estimate of drug-likeness (QED) is 0.704. The second kappa shape index (κ2) is 6.37. The number of benzene rings is 1. The standard InChI is InChI=1S/C13H19N3O2/c17-12-3-1-2-11(10-12)13(18)15-6-9-16-7-4-14-5-8-16/h1-3,10,14,17H,4-9H2,(H,15,18). The summed E-state index contributed by atoms with van der Waals surface area (Å²) in [5, 5.41) is 15.4. The van der Waals surface area contributed by atoms with Gasteiger partial charge < -0.3 is 15.7 Å². The van der Waals surface area contributed by atoms with Crippen molar-refractivity contribution in [3.8, 4) is 5.75 Å². The third-order valence-electron chi connectivity index (χ3n) is 3.03. The molecule has 0 aliphatic carbocycles. The lowest BCUT2D eigenvalue weighted by atomic mass is 10.2. The lowest BCUT2D eigenvalue weighted by Gasteiger charge is -2.27. The zero-order chi connectivity index (χ0) is 12.8. The van der Waals surface area contributed by atoms with E-state index in [2.05, 4.69) is 15.5 Å². The molecule has 1 amide bonds. The number of phenolic OH excluding ortho intramolecular Hbond substituents is 1. The predicted octanol–water partition coefficient (Wildman–Crippen LogP) is 0.0272. The molecule has 1 heterocycles. The number of piperazine rings is 1. The summed E-state index contributed by atoms with van der Waals surface area (Å²) in [4.78, 5) is 14.1. The number of nitrogens with one attached hydrogen (secondary N) is 2. The molecule has 5 nitrogen and oxygen atoms in total. The van der Waals surface area contributed by atoms with Crippen LogP contribution in [0.3, 0.4) is 0 Å². The number of carbonyl (C=O) groups excluding carboxylic acids is 1. The molecule has 0 bridgehead atoms. The van der Waals surface area contributed by atoms with Crippen LogP contribution in [0, 0.1) is 0 Å². The molecular formula is C13H19N3O2. The minimum absolute atomic E-state index is 0.116. The Morgan fingerprint density at radius 2 is 2.17 bits per heavy atom. The molecule has 2 rings (SSSR count). The molecule has 5 heteroatoms. The number of hydrogen-bond acceptors (Lipinski definition) is 4. The summed E-state index contributed by atoms with van der Waals surface area (Å²) < 4.78 is 0. The Morgan fingerprint density at radius 3 is 2.89 bits per heavy atom. The second-order valence-electron chi connectivity index (χ2n) is 4.40. The van der Waals surface area contributed by atoms with Crippen LogP contribution in [-0.4, -0.2) is 55.2 Å². The van der Waals surface area contributed by atoms with Crippen molar-refractivity contribution in [3.05, 3.63) is 29.8 Å². The molecule has 0 atom stereocenters. The van der Waals surface area contributed by atoms with Gasteiger partial charge in [-0.05, 0) is 18.2 Å². The molecule has 3 N–H and O–H groups in total. The Balaban J connectivity index is 1.74. The van der Waals surface area contributed by atoms with E-state index in [1.165, 1.54) is 6.07 Å². The van der Waals surface area contributed by atoms with Crippen LogP contribution in [0.25, 0.3) is 0 Å². The van der Waals surface area contributed by atoms with Crippen molar-refractivity contribution >= 4 is 5.91 Å². The van der Waals surface area contributed by atoms with Crippen molar-refractivity contribution < 1.29 is 9.90 Å². The fourth-order valence-corrected chi connectivity index (χ4v) is 2.01. The predicted molar refractivity (Wildman–Crippen MR) is 69.7 cm³/mol. The van der Waals surface area contributed by atoms with Crippen LogP contribution in [0.1, 0.15) is 10.4 Å². The van der Waals surface area contributed by atoms with Gasteiger partial charge in [-0.3, -0.25) is 9.69 Å². The number of carbonyl (C=O) groups is 1. The van der Waals surface area contributed by atoms with E-state index >= 15 is 0 Å². The maximum absolute atomic E-state index is 11.8. The molecule has 0 aromatic heterocycles. The largest absolute Gasteiger partial charge is 0.508 e. The van der Waals surface area contributed by atoms with Crippen LogP contribution in [0.5, 0.6) is 5.75 Å². The van der Waals surface area contributed by atoms with Crippen LogP contribution in [0.2, 0.25) is 0 Å². The van der Waals surface area contributed by atoms with Crippen LogP contribution in [-0.2, 0) is 0 Å². The lowest BCUT2D eigenvalue weighted by Crippen LogP contribution is -2.46. The van der Waals surface area contributed by atoms with Gasteiger partial charge in [0, 0.05) is 44.8 Å². The van der Waals surface area contributed by atoms with E-state index in [4.69, 9.17) is 0 Å². The van der Waals surface area contributed by atoms with E-state index in [-0.39, 0.29) is 11.7 Å². The summed E-state index contributed by atoms with van der Waals surface area (Å²) in [6.45, 7) is 5.59. The van der Waals surface area contributed by atoms with E-state index in [1.807, 2.05) is 0 Å². The first-order valence-electron chi connectivity index (χ1n) is 6.26. The van der Waals surface area contributed by atoms with Crippen LogP contribution in [0.15, 0.2) is 24.3 Å². The molecule has 1 aromatic rings. The van der Waals surface area contributed by atoms with Crippen molar-refractivity contribution in [2.24, 2.45) is 0 Å². The molecule has 0 spiro atoms. The Kier molecular flexibility index (Phi) is 4.55. The smallest absolute Gasteiger partial charge is 0.251 e. The number of nitrogens with zero attached hydrogens (tertiary/aromatic N) is 1. The fraction of sp³-hybridized carbons (Fsp3) is 0.462. The summed E-state index contributed by atoms with van der Waals surface area (Å²) in [6.07, 6.45) is 0. The van der Waals surface area contributed by atoms with E-state index in [0.29, 0.717) is 12.1 Å². The first-order valence-corrected chi connectivity index (χ1v) is 6.26. The SMILES string of the molecule is O=C(NCCN1CCNCC1)c1cccc(O)c1. The van der Waals surface area contributed by atoms with Crippen LogP contribution < -0.4 is 10.6 Å². The summed E-state index contributed by atoms with van der Waals surface area (Å²) >= 11 is 0. The highest BCUT2D eigenvalue weighted by Gasteiger charge is 2.10. The molecular weight excluding hydrogens is 230 g/mol. The summed E-state index contributed by atoms with van der Waals surface area (Å²) in [7, 11) is 0. The van der Waals surface area contributed by atoms with Crippen LogP contribution in [0.4, 0.5) is 0 Å². The molecule has 1 saturated heterocycles. The summed E-state index contributed by atoms with van der Waals surface area (Å²) in [5.41, 5.74) is 0.496. The molecule has 1 aliphatic heterocycles. The van der Waals surface area contributed by atoms with Gasteiger partial charge in [-0.1, -0.05) is 6.07 Å². The number of rotatable bonds is 4. The molecule has 98 valence electrons. The number of amides is 1. The average molecular weight is 249 g/mol. The van der Waals surface area contributed by atoms with Gasteiger partial charge in [-0.25, -0.2) is 0 Å². The Hall–Kier alpha value is -1.59. The first-order chi connectivity index (χ1) is 8.75. The maximum Gasteiger partial charge on any atom is 0.251 e. The molecule has 0 radical (unpaired) electrons. The lowest BCUT2D eigenvalue weighted by molar-refractivity contribution is 0.0947. The van der Waals surface area contributed by atoms with E-state index in [1.54, 1.807) is 18.2 Å². The molecule has 0 saturated carbocycles. The number of phenols is 1. The molecule has 18 heavy (non-hydrogen) atoms. The third kappa shape index (κ3) is 3.72. The van der Waals surface area contributed by atoms with Crippen LogP contribution >= 0.6 is 0 Å². The normalized spacial score (nSPS) is 16.4. The van der Waals surface area contributed by atoms with Crippen molar-refractivity contribution in [1.29, 1.82) is 0 Å². The highest BCUT2D eigenvalue weighted by atomic mass is 16.3. The summed E-state index contributed by atoms with van der Waals surface area (Å²) in [5.74, 6) is -0.0224. The van der Waals surface area contributed by atoms with Gasteiger partial charge in [0.25, 0.3) is 5.91 Å². The van der Waals surface area contributed by atoms with Gasteiger partial charge in [0.05, 0.1) is 0 Å². The van der Waals surface area contributed by atoms with Gasteiger partial charge in [-0.2, -0.15) is 0 Å². The maximum atomic E-state index is 11.8. The fourth-order valence-electron chi connectivity index (χ4n) is 2.01. The van der Waals surface area contributed by atoms with E-state index < -0.39 is 0 Å². The third-order valence-corrected chi connectivity index (χ3v) is 3.03. The number of hydrogen-bond donors (Lipinski definition) is 3. The van der Waals surface area contributed by atoms with E-state index in [0.717, 1.165) is 32.7 Å². The van der Waals surface area contributed by atoms with Crippen molar-refractivity contribution in [1.82, 2.24) is 15.5 Å². The second-order valence-corrected chi connectivity index (χ2v) is 4.40. The molecule has 0 unspecified atom stereocenters. The number of aromatic hydroxyl groups is 1. The Labute approximate surface area is 107 Å². The minimum Gasteiger partial charge on any atom is -0.508 e. The Bertz CT molecular complexity index is 403. The van der Waals surface area contributed by atoms with Gasteiger partial charge in [0.2, 0.25) is 0 Å². The topological polar surface area (TPSA) is 64.6 Å². The summed E-state index contributed by atoms with van der Waals surface area (Å²) in [6, 6.07) is 6.39. The average Bonchev–Trinajstić information content (AvgIpc) is 2.40. The zero-order valence-corrected chi connectivity index (χ0v) is 10.4. The highest BCUT2D eigenvalue weighted by Crippen LogP contribution is 2.10. The minimum atomic E-state index is -0.138. The van der Waals surface area contributed by atoms with Gasteiger partial charge in [0.1, 0.15) is 5.75 Å². The molecule has 1 aliphatic rings. The highest BCUT2D eigenvalue weighted by molar-refractivity contribution is 5.94. The van der Waals surface area contributed by atoms with E-state index in [9.17, 15) is 9.90 Å². The molecule has 1 aromatic carbocycles. The van der Waals surface area contributed by atoms with Crippen molar-refractivity contribution in [2.75, 3.05) is 39.3 Å². The van der Waals surface area contributed by atoms with Gasteiger partial charge in [-0.15, -0.1) is 0 Å². The Morgan fingerprint density at radius 1 is 1.39 bits per heavy atom. The van der Waals surface area contributed by atoms with Crippen molar-refractivity contribution in [2.45, 2.75) is 0 Å². The zero-order valence-electron chi connectivity index (χ0n) is 10.4. The molecule has 1 fully saturated rings. The van der Waals surface area contributed by atoms with Gasteiger partial charge >= 0.3 is 0 Å². The first kappa shape index (κ1) is 12.9.